The molecule has 58 valence electrons. The highest BCUT2D eigenvalue weighted by Gasteiger charge is 2.33. The maximum atomic E-state index is 3.18. The molecule has 0 saturated heterocycles. The van der Waals surface area contributed by atoms with Crippen molar-refractivity contribution < 1.29 is 0 Å². The fourth-order valence-corrected chi connectivity index (χ4v) is 1.42. The molecule has 0 aromatic heterocycles. The fraction of sp³-hybridized carbons (Fsp3) is 0.778. The van der Waals surface area contributed by atoms with Gasteiger partial charge in [-0.1, -0.05) is 12.2 Å². The highest BCUT2D eigenvalue weighted by Crippen LogP contribution is 2.41. The van der Waals surface area contributed by atoms with Gasteiger partial charge in [0.25, 0.3) is 0 Å². The van der Waals surface area contributed by atoms with Crippen molar-refractivity contribution in [1.29, 1.82) is 0 Å². The largest absolute Gasteiger partial charge is 0.320 e. The quantitative estimate of drug-likeness (QED) is 0.586. The summed E-state index contributed by atoms with van der Waals surface area (Å²) in [5.74, 6) is 1.90. The Morgan fingerprint density at radius 3 is 3.00 bits per heavy atom. The van der Waals surface area contributed by atoms with Crippen LogP contribution in [0.2, 0.25) is 0 Å². The lowest BCUT2D eigenvalue weighted by Gasteiger charge is -1.94. The van der Waals surface area contributed by atoms with E-state index in [9.17, 15) is 0 Å². The molecule has 1 heteroatoms. The van der Waals surface area contributed by atoms with Crippen LogP contribution in [0.3, 0.4) is 0 Å². The van der Waals surface area contributed by atoms with E-state index in [0.717, 1.165) is 11.8 Å². The van der Waals surface area contributed by atoms with Gasteiger partial charge in [0.05, 0.1) is 0 Å². The number of hydrogen-bond donors (Lipinski definition) is 1. The van der Waals surface area contributed by atoms with Gasteiger partial charge in [-0.15, -0.1) is 0 Å². The molecular weight excluding hydrogens is 122 g/mol. The van der Waals surface area contributed by atoms with Crippen LogP contribution in [0.15, 0.2) is 12.2 Å². The van der Waals surface area contributed by atoms with Gasteiger partial charge in [-0.2, -0.15) is 0 Å². The van der Waals surface area contributed by atoms with E-state index in [-0.39, 0.29) is 0 Å². The molecule has 0 amide bonds. The highest BCUT2D eigenvalue weighted by atomic mass is 14.8. The van der Waals surface area contributed by atoms with E-state index >= 15 is 0 Å². The van der Waals surface area contributed by atoms with E-state index in [1.54, 1.807) is 0 Å². The zero-order valence-corrected chi connectivity index (χ0v) is 6.93. The summed E-state index contributed by atoms with van der Waals surface area (Å²) in [5.41, 5.74) is 0. The summed E-state index contributed by atoms with van der Waals surface area (Å²) in [4.78, 5) is 0. The van der Waals surface area contributed by atoms with Crippen molar-refractivity contribution in [3.05, 3.63) is 12.2 Å². The van der Waals surface area contributed by atoms with E-state index in [1.807, 2.05) is 7.05 Å². The van der Waals surface area contributed by atoms with Crippen LogP contribution in [0.5, 0.6) is 0 Å². The lowest BCUT2D eigenvalue weighted by Crippen LogP contribution is -2.08. The van der Waals surface area contributed by atoms with Crippen molar-refractivity contribution in [2.75, 3.05) is 13.6 Å². The predicted octanol–water partition coefficient (Wildman–Crippen LogP) is 1.81. The normalized spacial score (nSPS) is 31.4. The minimum Gasteiger partial charge on any atom is -0.320 e. The second kappa shape index (κ2) is 3.77. The molecule has 0 bridgehead atoms. The maximum Gasteiger partial charge on any atom is -0.00491 e. The Balaban J connectivity index is 2.02. The van der Waals surface area contributed by atoms with Crippen LogP contribution < -0.4 is 5.32 Å². The zero-order chi connectivity index (χ0) is 7.40. The molecule has 10 heavy (non-hydrogen) atoms. The van der Waals surface area contributed by atoms with Crippen LogP contribution in [0.1, 0.15) is 19.8 Å². The van der Waals surface area contributed by atoms with E-state index in [2.05, 4.69) is 24.4 Å². The molecule has 0 aromatic carbocycles. The molecule has 0 aromatic rings. The summed E-state index contributed by atoms with van der Waals surface area (Å²) in [6.45, 7) is 3.28. The van der Waals surface area contributed by atoms with Crippen molar-refractivity contribution in [3.63, 3.8) is 0 Å². The van der Waals surface area contributed by atoms with Crippen LogP contribution in [0.4, 0.5) is 0 Å². The molecule has 0 aliphatic heterocycles. The molecule has 0 radical (unpaired) electrons. The Morgan fingerprint density at radius 2 is 2.40 bits per heavy atom. The average molecular weight is 139 g/mol. The van der Waals surface area contributed by atoms with E-state index in [0.29, 0.717) is 0 Å². The number of hydrogen-bond acceptors (Lipinski definition) is 1. The maximum absolute atomic E-state index is 3.18. The molecule has 2 unspecified atom stereocenters. The smallest absolute Gasteiger partial charge is 0.00491 e. The molecule has 0 heterocycles. The Labute approximate surface area is 63.5 Å². The SMILES string of the molecule is C/C=C\C1CC1CCNC. The van der Waals surface area contributed by atoms with Gasteiger partial charge >= 0.3 is 0 Å². The molecular formula is C9H17N. The van der Waals surface area contributed by atoms with Gasteiger partial charge in [0.15, 0.2) is 0 Å². The predicted molar refractivity (Wildman–Crippen MR) is 45.0 cm³/mol. The third-order valence-corrected chi connectivity index (χ3v) is 2.18. The first-order chi connectivity index (χ1) is 4.88. The molecule has 1 aliphatic rings. The summed E-state index contributed by atoms with van der Waals surface area (Å²) < 4.78 is 0. The first-order valence-corrected chi connectivity index (χ1v) is 4.16. The standard InChI is InChI=1S/C9H17N/c1-3-4-8-7-9(8)5-6-10-2/h3-4,8-10H,5-7H2,1-2H3/b4-3-. The van der Waals surface area contributed by atoms with E-state index < -0.39 is 0 Å². The highest BCUT2D eigenvalue weighted by molar-refractivity contribution is 5.00. The third-order valence-electron chi connectivity index (χ3n) is 2.18. The monoisotopic (exact) mass is 139 g/mol. The number of nitrogens with one attached hydrogen (secondary N) is 1. The molecule has 1 rings (SSSR count). The Hall–Kier alpha value is -0.300. The van der Waals surface area contributed by atoms with Crippen molar-refractivity contribution in [3.8, 4) is 0 Å². The molecule has 1 saturated carbocycles. The second-order valence-corrected chi connectivity index (χ2v) is 3.08. The minimum atomic E-state index is 0.915. The molecule has 1 fully saturated rings. The van der Waals surface area contributed by atoms with Crippen LogP contribution >= 0.6 is 0 Å². The number of rotatable bonds is 4. The van der Waals surface area contributed by atoms with Crippen molar-refractivity contribution in [1.82, 2.24) is 5.32 Å². The molecule has 2 atom stereocenters. The third kappa shape index (κ3) is 2.14. The van der Waals surface area contributed by atoms with Gasteiger partial charge in [0, 0.05) is 0 Å². The summed E-state index contributed by atoms with van der Waals surface area (Å²) in [5, 5.41) is 3.18. The Bertz CT molecular complexity index is 118. The lowest BCUT2D eigenvalue weighted by molar-refractivity contribution is 0.646. The van der Waals surface area contributed by atoms with Crippen LogP contribution in [0, 0.1) is 11.8 Å². The Kier molecular flexibility index (Phi) is 2.94. The van der Waals surface area contributed by atoms with Crippen molar-refractivity contribution >= 4 is 0 Å². The van der Waals surface area contributed by atoms with E-state index in [4.69, 9.17) is 0 Å². The first-order valence-electron chi connectivity index (χ1n) is 4.16. The topological polar surface area (TPSA) is 12.0 Å². The summed E-state index contributed by atoms with van der Waals surface area (Å²) in [6, 6.07) is 0. The van der Waals surface area contributed by atoms with Gasteiger partial charge in [0.2, 0.25) is 0 Å². The minimum absolute atomic E-state index is 0.915. The average Bonchev–Trinajstić information content (AvgIpc) is 2.65. The number of allylic oxidation sites excluding steroid dienone is 2. The fourth-order valence-electron chi connectivity index (χ4n) is 1.42. The van der Waals surface area contributed by atoms with Crippen LogP contribution in [-0.2, 0) is 0 Å². The molecule has 1 nitrogen and oxygen atoms in total. The molecule has 1 N–H and O–H groups in total. The van der Waals surface area contributed by atoms with Crippen LogP contribution in [0.25, 0.3) is 0 Å². The van der Waals surface area contributed by atoms with Gasteiger partial charge in [0.1, 0.15) is 0 Å². The van der Waals surface area contributed by atoms with Gasteiger partial charge in [-0.3, -0.25) is 0 Å². The molecule has 1 aliphatic carbocycles. The van der Waals surface area contributed by atoms with Crippen LogP contribution in [-0.4, -0.2) is 13.6 Å². The van der Waals surface area contributed by atoms with Crippen molar-refractivity contribution in [2.24, 2.45) is 11.8 Å². The van der Waals surface area contributed by atoms with Gasteiger partial charge in [-0.25, -0.2) is 0 Å². The zero-order valence-electron chi connectivity index (χ0n) is 6.93. The van der Waals surface area contributed by atoms with Gasteiger partial charge in [-0.05, 0) is 45.2 Å². The lowest BCUT2D eigenvalue weighted by atomic mass is 10.2. The first kappa shape index (κ1) is 7.80. The summed E-state index contributed by atoms with van der Waals surface area (Å²) >= 11 is 0. The van der Waals surface area contributed by atoms with E-state index in [1.165, 1.54) is 19.4 Å². The summed E-state index contributed by atoms with van der Waals surface area (Å²) in [6.07, 6.45) is 7.28. The summed E-state index contributed by atoms with van der Waals surface area (Å²) in [7, 11) is 2.02. The second-order valence-electron chi connectivity index (χ2n) is 3.08. The Morgan fingerprint density at radius 1 is 1.60 bits per heavy atom. The molecule has 0 spiro atoms. The van der Waals surface area contributed by atoms with Crippen molar-refractivity contribution in [2.45, 2.75) is 19.8 Å². The van der Waals surface area contributed by atoms with Gasteiger partial charge < -0.3 is 5.32 Å².